The minimum absolute atomic E-state index is 0.0744. The van der Waals surface area contributed by atoms with Gasteiger partial charge in [0, 0.05) is 5.02 Å². The lowest BCUT2D eigenvalue weighted by Crippen LogP contribution is -2.10. The monoisotopic (exact) mass is 248 g/mol. The Morgan fingerprint density at radius 2 is 2.00 bits per heavy atom. The molecule has 0 amide bonds. The third-order valence-corrected chi connectivity index (χ3v) is 3.46. The van der Waals surface area contributed by atoms with Crippen LogP contribution >= 0.6 is 11.6 Å². The summed E-state index contributed by atoms with van der Waals surface area (Å²) in [7, 11) is -3.67. The molecule has 1 heterocycles. The highest BCUT2D eigenvalue weighted by atomic mass is 35.5. The lowest BCUT2D eigenvalue weighted by molar-refractivity contribution is 0.266. The van der Waals surface area contributed by atoms with E-state index in [1.165, 1.54) is 24.3 Å². The lowest BCUT2D eigenvalue weighted by atomic mass is 10.4. The largest absolute Gasteiger partial charge is 0.371 e. The number of ether oxygens (including phenoxy) is 1. The van der Waals surface area contributed by atoms with Gasteiger partial charge in [-0.05, 0) is 24.3 Å². The van der Waals surface area contributed by atoms with Crippen molar-refractivity contribution >= 4 is 21.7 Å². The molecule has 0 aliphatic carbocycles. The normalized spacial score (nSPS) is 20.2. The van der Waals surface area contributed by atoms with Crippen LogP contribution < -0.4 is 0 Å². The van der Waals surface area contributed by atoms with Crippen LogP contribution in [0.5, 0.6) is 0 Å². The maximum Gasteiger partial charge on any atom is 0.297 e. The average molecular weight is 249 g/mol. The standard InChI is InChI=1S/C9H9ClO4S/c10-7-1-3-9(4-2-7)15(11,12)14-6-8-5-13-8/h1-4,8H,5-6H2/t8-/m1/s1. The van der Waals surface area contributed by atoms with Gasteiger partial charge in [0.1, 0.15) is 6.10 Å². The molecule has 0 bridgehead atoms. The molecule has 0 unspecified atom stereocenters. The predicted molar refractivity (Wildman–Crippen MR) is 54.3 cm³/mol. The minimum atomic E-state index is -3.67. The van der Waals surface area contributed by atoms with Crippen molar-refractivity contribution in [1.29, 1.82) is 0 Å². The topological polar surface area (TPSA) is 55.9 Å². The molecule has 0 aromatic heterocycles. The minimum Gasteiger partial charge on any atom is -0.371 e. The van der Waals surface area contributed by atoms with Crippen molar-refractivity contribution in [3.8, 4) is 0 Å². The van der Waals surface area contributed by atoms with Gasteiger partial charge in [-0.25, -0.2) is 0 Å². The molecular weight excluding hydrogens is 240 g/mol. The van der Waals surface area contributed by atoms with E-state index in [9.17, 15) is 8.42 Å². The summed E-state index contributed by atoms with van der Waals surface area (Å²) in [5.41, 5.74) is 0. The second-order valence-corrected chi connectivity index (χ2v) is 5.20. The fraction of sp³-hybridized carbons (Fsp3) is 0.333. The van der Waals surface area contributed by atoms with E-state index < -0.39 is 10.1 Å². The zero-order valence-electron chi connectivity index (χ0n) is 7.72. The molecule has 0 spiro atoms. The van der Waals surface area contributed by atoms with E-state index in [-0.39, 0.29) is 17.6 Å². The van der Waals surface area contributed by atoms with E-state index in [1.54, 1.807) is 0 Å². The first kappa shape index (κ1) is 10.9. The Hall–Kier alpha value is -0.620. The fourth-order valence-electron chi connectivity index (χ4n) is 0.999. The van der Waals surface area contributed by atoms with Crippen LogP contribution in [-0.2, 0) is 19.0 Å². The zero-order chi connectivity index (χ0) is 10.9. The second kappa shape index (κ2) is 4.09. The molecule has 2 rings (SSSR count). The molecule has 1 saturated heterocycles. The molecule has 1 aromatic carbocycles. The number of hydrogen-bond donors (Lipinski definition) is 0. The third kappa shape index (κ3) is 2.92. The smallest absolute Gasteiger partial charge is 0.297 e. The van der Waals surface area contributed by atoms with E-state index in [4.69, 9.17) is 20.5 Å². The SMILES string of the molecule is O=S(=O)(OC[C@H]1CO1)c1ccc(Cl)cc1. The van der Waals surface area contributed by atoms with Crippen LogP contribution in [0.25, 0.3) is 0 Å². The molecule has 1 atom stereocenters. The summed E-state index contributed by atoms with van der Waals surface area (Å²) in [5, 5.41) is 0.486. The lowest BCUT2D eigenvalue weighted by Gasteiger charge is -2.03. The zero-order valence-corrected chi connectivity index (χ0v) is 9.29. The molecule has 15 heavy (non-hydrogen) atoms. The highest BCUT2D eigenvalue weighted by molar-refractivity contribution is 7.86. The third-order valence-electron chi connectivity index (χ3n) is 1.91. The van der Waals surface area contributed by atoms with Crippen LogP contribution in [0, 0.1) is 0 Å². The molecule has 1 fully saturated rings. The quantitative estimate of drug-likeness (QED) is 0.598. The van der Waals surface area contributed by atoms with Crippen molar-refractivity contribution < 1.29 is 17.3 Å². The van der Waals surface area contributed by atoms with Crippen molar-refractivity contribution in [1.82, 2.24) is 0 Å². The predicted octanol–water partition coefficient (Wildman–Crippen LogP) is 1.44. The maximum absolute atomic E-state index is 11.6. The second-order valence-electron chi connectivity index (χ2n) is 3.15. The first-order valence-corrected chi connectivity index (χ1v) is 6.13. The Morgan fingerprint density at radius 3 is 2.53 bits per heavy atom. The van der Waals surface area contributed by atoms with Crippen LogP contribution in [0.2, 0.25) is 5.02 Å². The van der Waals surface area contributed by atoms with E-state index in [0.29, 0.717) is 11.6 Å². The first-order chi connectivity index (χ1) is 7.08. The molecule has 1 aromatic rings. The van der Waals surface area contributed by atoms with Gasteiger partial charge in [-0.15, -0.1) is 0 Å². The highest BCUT2D eigenvalue weighted by Crippen LogP contribution is 2.18. The number of hydrogen-bond acceptors (Lipinski definition) is 4. The number of benzene rings is 1. The molecule has 0 saturated carbocycles. The molecule has 6 heteroatoms. The van der Waals surface area contributed by atoms with Crippen LogP contribution in [0.15, 0.2) is 29.2 Å². The molecule has 82 valence electrons. The van der Waals surface area contributed by atoms with Crippen molar-refractivity contribution in [2.45, 2.75) is 11.0 Å². The molecule has 1 aliphatic rings. The van der Waals surface area contributed by atoms with Crippen LogP contribution in [0.3, 0.4) is 0 Å². The summed E-state index contributed by atoms with van der Waals surface area (Å²) in [6.07, 6.45) is -0.0768. The van der Waals surface area contributed by atoms with Crippen molar-refractivity contribution in [3.63, 3.8) is 0 Å². The van der Waals surface area contributed by atoms with Crippen LogP contribution in [0.4, 0.5) is 0 Å². The molecule has 1 aliphatic heterocycles. The Kier molecular flexibility index (Phi) is 2.97. The van der Waals surface area contributed by atoms with Gasteiger partial charge in [0.15, 0.2) is 0 Å². The first-order valence-electron chi connectivity index (χ1n) is 4.34. The van der Waals surface area contributed by atoms with Crippen LogP contribution in [0.1, 0.15) is 0 Å². The summed E-state index contributed by atoms with van der Waals surface area (Å²) in [6, 6.07) is 5.83. The van der Waals surface area contributed by atoms with Gasteiger partial charge in [-0.3, -0.25) is 4.18 Å². The van der Waals surface area contributed by atoms with Gasteiger partial charge in [-0.1, -0.05) is 11.6 Å². The van der Waals surface area contributed by atoms with Gasteiger partial charge in [0.25, 0.3) is 10.1 Å². The maximum atomic E-state index is 11.6. The number of rotatable bonds is 4. The van der Waals surface area contributed by atoms with Crippen molar-refractivity contribution in [3.05, 3.63) is 29.3 Å². The van der Waals surface area contributed by atoms with E-state index in [1.807, 2.05) is 0 Å². The Bertz CT molecular complexity index is 436. The molecule has 4 nitrogen and oxygen atoms in total. The highest BCUT2D eigenvalue weighted by Gasteiger charge is 2.26. The van der Waals surface area contributed by atoms with E-state index in [0.717, 1.165) is 0 Å². The van der Waals surface area contributed by atoms with Gasteiger partial charge < -0.3 is 4.74 Å². The van der Waals surface area contributed by atoms with Gasteiger partial charge >= 0.3 is 0 Å². The van der Waals surface area contributed by atoms with E-state index >= 15 is 0 Å². The average Bonchev–Trinajstić information content (AvgIpc) is 2.99. The van der Waals surface area contributed by atoms with Crippen LogP contribution in [-0.4, -0.2) is 27.7 Å². The number of epoxide rings is 1. The summed E-state index contributed by atoms with van der Waals surface area (Å²) in [4.78, 5) is 0.104. The Balaban J connectivity index is 2.09. The summed E-state index contributed by atoms with van der Waals surface area (Å²) >= 11 is 5.64. The van der Waals surface area contributed by atoms with Crippen molar-refractivity contribution in [2.75, 3.05) is 13.2 Å². The summed E-state index contributed by atoms with van der Waals surface area (Å²) in [6.45, 7) is 0.640. The molecule has 0 N–H and O–H groups in total. The van der Waals surface area contributed by atoms with Gasteiger partial charge in [0.05, 0.1) is 18.1 Å². The Morgan fingerprint density at radius 1 is 1.40 bits per heavy atom. The van der Waals surface area contributed by atoms with Gasteiger partial charge in [-0.2, -0.15) is 8.42 Å². The van der Waals surface area contributed by atoms with E-state index in [2.05, 4.69) is 0 Å². The molecular formula is C9H9ClO4S. The number of halogens is 1. The Labute approximate surface area is 92.9 Å². The van der Waals surface area contributed by atoms with Crippen molar-refractivity contribution in [2.24, 2.45) is 0 Å². The fourth-order valence-corrected chi connectivity index (χ4v) is 2.06. The molecule has 0 radical (unpaired) electrons. The summed E-state index contributed by atoms with van der Waals surface area (Å²) in [5.74, 6) is 0. The van der Waals surface area contributed by atoms with Gasteiger partial charge in [0.2, 0.25) is 0 Å². The summed E-state index contributed by atoms with van der Waals surface area (Å²) < 4.78 is 32.7.